The maximum Gasteiger partial charge on any atom is 0.374 e. The molecule has 0 saturated heterocycles. The third kappa shape index (κ3) is 3.13. The van der Waals surface area contributed by atoms with E-state index in [9.17, 15) is 15.0 Å². The molecule has 21 heavy (non-hydrogen) atoms. The summed E-state index contributed by atoms with van der Waals surface area (Å²) >= 11 is 0. The fourth-order valence-corrected chi connectivity index (χ4v) is 1.50. The standard InChI is InChI=1S/C14H10N2O5/c15-8-10(7-9-1-3-11(17)4-2-9)14(20)21-16-12(18)5-6-13(16)19/h1-7,17-19H. The van der Waals surface area contributed by atoms with Crippen LogP contribution in [0.3, 0.4) is 0 Å². The third-order valence-corrected chi connectivity index (χ3v) is 2.52. The second kappa shape index (κ2) is 5.71. The van der Waals surface area contributed by atoms with Gasteiger partial charge in [0, 0.05) is 12.1 Å². The highest BCUT2D eigenvalue weighted by Gasteiger charge is 2.16. The van der Waals surface area contributed by atoms with Crippen LogP contribution in [0.15, 0.2) is 42.0 Å². The van der Waals surface area contributed by atoms with E-state index in [1.165, 1.54) is 30.3 Å². The normalized spacial score (nSPS) is 10.9. The maximum atomic E-state index is 11.8. The van der Waals surface area contributed by atoms with Gasteiger partial charge in [0.15, 0.2) is 0 Å². The van der Waals surface area contributed by atoms with Crippen LogP contribution in [0.5, 0.6) is 17.5 Å². The molecule has 7 heteroatoms. The van der Waals surface area contributed by atoms with E-state index in [-0.39, 0.29) is 11.3 Å². The molecule has 3 N–H and O–H groups in total. The maximum absolute atomic E-state index is 11.8. The molecule has 1 aromatic carbocycles. The largest absolute Gasteiger partial charge is 0.508 e. The van der Waals surface area contributed by atoms with Crippen molar-refractivity contribution in [3.05, 3.63) is 47.5 Å². The number of aromatic nitrogens is 1. The van der Waals surface area contributed by atoms with Crippen molar-refractivity contribution in [2.75, 3.05) is 0 Å². The van der Waals surface area contributed by atoms with Crippen molar-refractivity contribution < 1.29 is 25.0 Å². The monoisotopic (exact) mass is 286 g/mol. The third-order valence-electron chi connectivity index (χ3n) is 2.52. The highest BCUT2D eigenvalue weighted by molar-refractivity contribution is 5.98. The Morgan fingerprint density at radius 2 is 1.67 bits per heavy atom. The van der Waals surface area contributed by atoms with Gasteiger partial charge in [0.2, 0.25) is 11.8 Å². The Morgan fingerprint density at radius 1 is 1.10 bits per heavy atom. The van der Waals surface area contributed by atoms with Crippen molar-refractivity contribution in [1.29, 1.82) is 5.26 Å². The minimum Gasteiger partial charge on any atom is -0.508 e. The van der Waals surface area contributed by atoms with E-state index in [1.54, 1.807) is 6.07 Å². The molecule has 0 aliphatic carbocycles. The lowest BCUT2D eigenvalue weighted by Gasteiger charge is -2.05. The van der Waals surface area contributed by atoms with Crippen molar-refractivity contribution in [3.63, 3.8) is 0 Å². The number of rotatable bonds is 3. The van der Waals surface area contributed by atoms with Crippen LogP contribution in [0.2, 0.25) is 0 Å². The smallest absolute Gasteiger partial charge is 0.374 e. The Balaban J connectivity index is 2.23. The van der Waals surface area contributed by atoms with Crippen LogP contribution >= 0.6 is 0 Å². The molecule has 0 unspecified atom stereocenters. The van der Waals surface area contributed by atoms with Gasteiger partial charge in [-0.15, -0.1) is 4.73 Å². The van der Waals surface area contributed by atoms with Gasteiger partial charge in [0.1, 0.15) is 17.4 Å². The number of aromatic hydroxyl groups is 3. The van der Waals surface area contributed by atoms with Crippen LogP contribution in [0.4, 0.5) is 0 Å². The number of phenolic OH excluding ortho intramolecular Hbond substituents is 1. The molecule has 0 aliphatic rings. The minimum atomic E-state index is -1.05. The number of carbonyl (C=O) groups excluding carboxylic acids is 1. The van der Waals surface area contributed by atoms with Crippen molar-refractivity contribution >= 4 is 12.0 Å². The van der Waals surface area contributed by atoms with Crippen LogP contribution in [0, 0.1) is 11.3 Å². The summed E-state index contributed by atoms with van der Waals surface area (Å²) in [7, 11) is 0. The fourth-order valence-electron chi connectivity index (χ4n) is 1.50. The molecule has 1 aromatic heterocycles. The van der Waals surface area contributed by atoms with Gasteiger partial charge in [-0.1, -0.05) is 12.1 Å². The van der Waals surface area contributed by atoms with Crippen molar-refractivity contribution in [3.8, 4) is 23.6 Å². The Labute approximate surface area is 119 Å². The Bertz CT molecular complexity index is 718. The predicted molar refractivity (Wildman–Crippen MR) is 71.0 cm³/mol. The van der Waals surface area contributed by atoms with Gasteiger partial charge in [-0.2, -0.15) is 5.26 Å². The van der Waals surface area contributed by atoms with Crippen molar-refractivity contribution in [1.82, 2.24) is 4.73 Å². The zero-order valence-corrected chi connectivity index (χ0v) is 10.6. The van der Waals surface area contributed by atoms with Gasteiger partial charge in [-0.3, -0.25) is 0 Å². The number of carbonyl (C=O) groups is 1. The number of hydrogen-bond donors (Lipinski definition) is 3. The van der Waals surface area contributed by atoms with E-state index in [4.69, 9.17) is 15.2 Å². The van der Waals surface area contributed by atoms with Crippen LogP contribution in [0.25, 0.3) is 6.08 Å². The van der Waals surface area contributed by atoms with Gasteiger partial charge in [0.25, 0.3) is 0 Å². The van der Waals surface area contributed by atoms with Crippen LogP contribution < -0.4 is 4.84 Å². The van der Waals surface area contributed by atoms with E-state index >= 15 is 0 Å². The van der Waals surface area contributed by atoms with E-state index < -0.39 is 17.7 Å². The van der Waals surface area contributed by atoms with Gasteiger partial charge in [-0.25, -0.2) is 4.79 Å². The van der Waals surface area contributed by atoms with E-state index in [0.717, 1.165) is 12.1 Å². The fraction of sp³-hybridized carbons (Fsp3) is 0. The average Bonchev–Trinajstić information content (AvgIpc) is 2.78. The summed E-state index contributed by atoms with van der Waals surface area (Å²) in [5.74, 6) is -1.96. The SMILES string of the molecule is N#CC(=Cc1ccc(O)cc1)C(=O)On1c(O)ccc1O. The van der Waals surface area contributed by atoms with E-state index in [2.05, 4.69) is 0 Å². The first-order valence-electron chi connectivity index (χ1n) is 5.74. The lowest BCUT2D eigenvalue weighted by molar-refractivity contribution is -0.140. The molecule has 0 bridgehead atoms. The number of phenols is 1. The summed E-state index contributed by atoms with van der Waals surface area (Å²) in [4.78, 5) is 16.5. The summed E-state index contributed by atoms with van der Waals surface area (Å²) in [5, 5.41) is 36.8. The first kappa shape index (κ1) is 14.0. The van der Waals surface area contributed by atoms with Gasteiger partial charge < -0.3 is 20.2 Å². The molecule has 106 valence electrons. The molecule has 0 fully saturated rings. The Kier molecular flexibility index (Phi) is 3.81. The molecular formula is C14H10N2O5. The lowest BCUT2D eigenvalue weighted by Crippen LogP contribution is -2.20. The molecular weight excluding hydrogens is 276 g/mol. The van der Waals surface area contributed by atoms with Crippen LogP contribution in [0.1, 0.15) is 5.56 Å². The second-order valence-corrected chi connectivity index (χ2v) is 3.98. The highest BCUT2D eigenvalue weighted by atomic mass is 16.7. The predicted octanol–water partition coefficient (Wildman–Crippen LogP) is 1.17. The number of nitriles is 1. The molecule has 2 rings (SSSR count). The summed E-state index contributed by atoms with van der Waals surface area (Å²) in [6.07, 6.45) is 1.25. The molecule has 0 saturated carbocycles. The van der Waals surface area contributed by atoms with Crippen molar-refractivity contribution in [2.24, 2.45) is 0 Å². The second-order valence-electron chi connectivity index (χ2n) is 3.98. The molecule has 2 aromatic rings. The molecule has 1 heterocycles. The molecule has 0 aliphatic heterocycles. The number of nitrogens with zero attached hydrogens (tertiary/aromatic N) is 2. The summed E-state index contributed by atoms with van der Waals surface area (Å²) < 4.78 is 0.490. The molecule has 7 nitrogen and oxygen atoms in total. The van der Waals surface area contributed by atoms with E-state index in [1.807, 2.05) is 0 Å². The molecule has 0 radical (unpaired) electrons. The Morgan fingerprint density at radius 3 is 2.19 bits per heavy atom. The average molecular weight is 286 g/mol. The van der Waals surface area contributed by atoms with Crippen LogP contribution in [-0.4, -0.2) is 26.0 Å². The topological polar surface area (TPSA) is 116 Å². The van der Waals surface area contributed by atoms with E-state index in [0.29, 0.717) is 10.3 Å². The van der Waals surface area contributed by atoms with Gasteiger partial charge >= 0.3 is 5.97 Å². The first-order valence-corrected chi connectivity index (χ1v) is 5.74. The number of hydrogen-bond acceptors (Lipinski definition) is 6. The quantitative estimate of drug-likeness (QED) is 0.576. The van der Waals surface area contributed by atoms with Gasteiger partial charge in [-0.05, 0) is 23.8 Å². The van der Waals surface area contributed by atoms with Crippen molar-refractivity contribution in [2.45, 2.75) is 0 Å². The zero-order chi connectivity index (χ0) is 15.4. The lowest BCUT2D eigenvalue weighted by atomic mass is 10.1. The summed E-state index contributed by atoms with van der Waals surface area (Å²) in [6.45, 7) is 0. The molecule has 0 amide bonds. The first-order chi connectivity index (χ1) is 10.0. The Hall–Kier alpha value is -3.40. The van der Waals surface area contributed by atoms with Gasteiger partial charge in [0.05, 0.1) is 0 Å². The minimum absolute atomic E-state index is 0.0513. The number of benzene rings is 1. The van der Waals surface area contributed by atoms with Crippen LogP contribution in [-0.2, 0) is 4.79 Å². The summed E-state index contributed by atoms with van der Waals surface area (Å²) in [6, 6.07) is 9.72. The summed E-state index contributed by atoms with van der Waals surface area (Å²) in [5.41, 5.74) is 0.162. The molecule has 0 spiro atoms. The zero-order valence-electron chi connectivity index (χ0n) is 10.6. The highest BCUT2D eigenvalue weighted by Crippen LogP contribution is 2.19. The molecule has 0 atom stereocenters.